The SMILES string of the molecule is CC(C)n1c(C=CCCC(=O)CC(=O)OC(C)(C)C)c(-c2ccc(F)cc2)c2ccccc21. The van der Waals surface area contributed by atoms with Gasteiger partial charge in [-0.3, -0.25) is 9.59 Å². The van der Waals surface area contributed by atoms with Gasteiger partial charge in [-0.25, -0.2) is 4.39 Å². The summed E-state index contributed by atoms with van der Waals surface area (Å²) >= 11 is 0. The average Bonchev–Trinajstić information content (AvgIpc) is 3.04. The van der Waals surface area contributed by atoms with Gasteiger partial charge in [0, 0.05) is 34.6 Å². The van der Waals surface area contributed by atoms with Crippen LogP contribution < -0.4 is 0 Å². The Morgan fingerprint density at radius 2 is 1.73 bits per heavy atom. The topological polar surface area (TPSA) is 48.3 Å². The highest BCUT2D eigenvalue weighted by molar-refractivity contribution is 6.01. The van der Waals surface area contributed by atoms with Gasteiger partial charge in [-0.15, -0.1) is 0 Å². The average molecular weight is 450 g/mol. The van der Waals surface area contributed by atoms with Gasteiger partial charge in [0.2, 0.25) is 0 Å². The van der Waals surface area contributed by atoms with E-state index >= 15 is 0 Å². The Balaban J connectivity index is 1.86. The van der Waals surface area contributed by atoms with Gasteiger partial charge >= 0.3 is 5.97 Å². The molecular formula is C28H32FNO3. The quantitative estimate of drug-likeness (QED) is 0.272. The van der Waals surface area contributed by atoms with E-state index in [2.05, 4.69) is 30.5 Å². The van der Waals surface area contributed by atoms with Crippen LogP contribution in [0.4, 0.5) is 4.39 Å². The van der Waals surface area contributed by atoms with E-state index in [1.807, 2.05) is 24.3 Å². The molecular weight excluding hydrogens is 417 g/mol. The summed E-state index contributed by atoms with van der Waals surface area (Å²) in [5, 5.41) is 1.10. The van der Waals surface area contributed by atoms with Crippen molar-refractivity contribution in [2.24, 2.45) is 0 Å². The van der Waals surface area contributed by atoms with E-state index in [9.17, 15) is 14.0 Å². The van der Waals surface area contributed by atoms with E-state index in [4.69, 9.17) is 4.74 Å². The molecule has 5 heteroatoms. The zero-order chi connectivity index (χ0) is 24.2. The zero-order valence-electron chi connectivity index (χ0n) is 20.0. The Labute approximate surface area is 195 Å². The Morgan fingerprint density at radius 1 is 1.06 bits per heavy atom. The molecule has 174 valence electrons. The minimum absolute atomic E-state index is 0.142. The number of carbonyl (C=O) groups excluding carboxylic acids is 2. The molecule has 0 aliphatic heterocycles. The molecule has 0 atom stereocenters. The summed E-state index contributed by atoms with van der Waals surface area (Å²) in [6, 6.07) is 14.9. The van der Waals surface area contributed by atoms with Crippen molar-refractivity contribution in [2.45, 2.75) is 65.5 Å². The van der Waals surface area contributed by atoms with Crippen molar-refractivity contribution in [1.29, 1.82) is 0 Å². The number of halogens is 1. The van der Waals surface area contributed by atoms with Crippen LogP contribution in [0.2, 0.25) is 0 Å². The first kappa shape index (κ1) is 24.4. The number of carbonyl (C=O) groups is 2. The first-order valence-electron chi connectivity index (χ1n) is 11.4. The van der Waals surface area contributed by atoms with Crippen LogP contribution in [0.25, 0.3) is 28.1 Å². The number of aromatic nitrogens is 1. The van der Waals surface area contributed by atoms with Crippen molar-refractivity contribution in [3.8, 4) is 11.1 Å². The molecule has 0 fully saturated rings. The standard InChI is InChI=1S/C28H32FNO3/c1-19(2)30-24-12-9-7-11-23(24)27(20-14-16-21(29)17-15-20)25(30)13-8-6-10-22(31)18-26(32)33-28(3,4)5/h7-9,11-17,19H,6,10,18H2,1-5H3. The van der Waals surface area contributed by atoms with E-state index in [-0.39, 0.29) is 30.5 Å². The molecule has 3 aromatic rings. The number of ketones is 1. The molecule has 4 nitrogen and oxygen atoms in total. The van der Waals surface area contributed by atoms with Crippen LogP contribution in [0.3, 0.4) is 0 Å². The van der Waals surface area contributed by atoms with Crippen LogP contribution in [0, 0.1) is 5.82 Å². The van der Waals surface area contributed by atoms with Crippen molar-refractivity contribution >= 4 is 28.7 Å². The lowest BCUT2D eigenvalue weighted by Gasteiger charge is -2.19. The lowest BCUT2D eigenvalue weighted by atomic mass is 10.0. The molecule has 33 heavy (non-hydrogen) atoms. The molecule has 0 saturated heterocycles. The van der Waals surface area contributed by atoms with Gasteiger partial charge in [0.15, 0.2) is 0 Å². The molecule has 1 aromatic heterocycles. The third-order valence-corrected chi connectivity index (χ3v) is 5.22. The minimum Gasteiger partial charge on any atom is -0.460 e. The van der Waals surface area contributed by atoms with Gasteiger partial charge in [0.1, 0.15) is 23.6 Å². The first-order valence-corrected chi connectivity index (χ1v) is 11.4. The van der Waals surface area contributed by atoms with Crippen LogP contribution in [-0.4, -0.2) is 21.9 Å². The summed E-state index contributed by atoms with van der Waals surface area (Å²) in [6.45, 7) is 9.60. The summed E-state index contributed by atoms with van der Waals surface area (Å²) in [5.41, 5.74) is 3.49. The van der Waals surface area contributed by atoms with Gasteiger partial charge in [-0.1, -0.05) is 36.4 Å². The van der Waals surface area contributed by atoms with Gasteiger partial charge in [0.05, 0.1) is 0 Å². The molecule has 2 aromatic carbocycles. The largest absolute Gasteiger partial charge is 0.460 e. The van der Waals surface area contributed by atoms with Crippen molar-refractivity contribution in [3.63, 3.8) is 0 Å². The Kier molecular flexibility index (Phi) is 7.52. The molecule has 3 rings (SSSR count). The molecule has 0 aliphatic carbocycles. The fourth-order valence-corrected chi connectivity index (χ4v) is 3.99. The number of hydrogen-bond donors (Lipinski definition) is 0. The van der Waals surface area contributed by atoms with Crippen LogP contribution in [-0.2, 0) is 14.3 Å². The van der Waals surface area contributed by atoms with Gasteiger partial charge in [-0.05, 0) is 70.9 Å². The second-order valence-corrected chi connectivity index (χ2v) is 9.49. The van der Waals surface area contributed by atoms with E-state index in [0.29, 0.717) is 6.42 Å². The summed E-state index contributed by atoms with van der Waals surface area (Å²) in [6.07, 6.45) is 4.57. The van der Waals surface area contributed by atoms with Crippen LogP contribution in [0.1, 0.15) is 65.6 Å². The molecule has 1 heterocycles. The minimum atomic E-state index is -0.599. The van der Waals surface area contributed by atoms with Crippen molar-refractivity contribution in [3.05, 3.63) is 66.1 Å². The number of hydrogen-bond acceptors (Lipinski definition) is 3. The number of allylic oxidation sites excluding steroid dienone is 1. The second-order valence-electron chi connectivity index (χ2n) is 9.49. The number of esters is 1. The monoisotopic (exact) mass is 449 g/mol. The number of rotatable bonds is 8. The Morgan fingerprint density at radius 3 is 2.36 bits per heavy atom. The zero-order valence-corrected chi connectivity index (χ0v) is 20.0. The van der Waals surface area contributed by atoms with Crippen molar-refractivity contribution in [1.82, 2.24) is 4.57 Å². The molecule has 0 amide bonds. The lowest BCUT2D eigenvalue weighted by Crippen LogP contribution is -2.25. The predicted molar refractivity (Wildman–Crippen MR) is 131 cm³/mol. The van der Waals surface area contributed by atoms with E-state index in [1.165, 1.54) is 12.1 Å². The summed E-state index contributed by atoms with van der Waals surface area (Å²) < 4.78 is 21.1. The molecule has 0 spiro atoms. The summed E-state index contributed by atoms with van der Waals surface area (Å²) in [7, 11) is 0. The fraction of sp³-hybridized carbons (Fsp3) is 0.357. The maximum atomic E-state index is 13.6. The molecule has 0 radical (unpaired) electrons. The molecule has 0 saturated carbocycles. The maximum Gasteiger partial charge on any atom is 0.313 e. The third kappa shape index (κ3) is 6.19. The van der Waals surface area contributed by atoms with Crippen LogP contribution >= 0.6 is 0 Å². The number of fused-ring (bicyclic) bond motifs is 1. The highest BCUT2D eigenvalue weighted by Gasteiger charge is 2.20. The number of para-hydroxylation sites is 1. The number of Topliss-reactive ketones (excluding diaryl/α,β-unsaturated/α-hetero) is 1. The molecule has 0 N–H and O–H groups in total. The molecule has 0 unspecified atom stereocenters. The Hall–Kier alpha value is -3.21. The first-order chi connectivity index (χ1) is 15.6. The summed E-state index contributed by atoms with van der Waals surface area (Å²) in [4.78, 5) is 24.1. The maximum absolute atomic E-state index is 13.6. The highest BCUT2D eigenvalue weighted by Crippen LogP contribution is 2.38. The van der Waals surface area contributed by atoms with Crippen molar-refractivity contribution < 1.29 is 18.7 Å². The van der Waals surface area contributed by atoms with E-state index in [0.717, 1.165) is 27.7 Å². The predicted octanol–water partition coefficient (Wildman–Crippen LogP) is 7.12. The van der Waals surface area contributed by atoms with Crippen molar-refractivity contribution in [2.75, 3.05) is 0 Å². The third-order valence-electron chi connectivity index (χ3n) is 5.22. The number of benzene rings is 2. The van der Waals surface area contributed by atoms with E-state index < -0.39 is 11.6 Å². The molecule has 0 bridgehead atoms. The summed E-state index contributed by atoms with van der Waals surface area (Å²) in [5.74, 6) is -0.904. The highest BCUT2D eigenvalue weighted by atomic mass is 19.1. The van der Waals surface area contributed by atoms with E-state index in [1.54, 1.807) is 32.9 Å². The normalized spacial score (nSPS) is 12.1. The smallest absolute Gasteiger partial charge is 0.313 e. The fourth-order valence-electron chi connectivity index (χ4n) is 3.99. The van der Waals surface area contributed by atoms with Crippen LogP contribution in [0.15, 0.2) is 54.6 Å². The lowest BCUT2D eigenvalue weighted by molar-refractivity contribution is -0.156. The van der Waals surface area contributed by atoms with Gasteiger partial charge in [-0.2, -0.15) is 0 Å². The Bertz CT molecular complexity index is 1160. The van der Waals surface area contributed by atoms with Gasteiger partial charge < -0.3 is 9.30 Å². The van der Waals surface area contributed by atoms with Crippen LogP contribution in [0.5, 0.6) is 0 Å². The number of nitrogens with zero attached hydrogens (tertiary/aromatic N) is 1. The second kappa shape index (κ2) is 10.2. The number of ether oxygens (including phenoxy) is 1. The van der Waals surface area contributed by atoms with Gasteiger partial charge in [0.25, 0.3) is 0 Å². The molecule has 0 aliphatic rings.